The van der Waals surface area contributed by atoms with E-state index in [-0.39, 0.29) is 64.1 Å². The topological polar surface area (TPSA) is 292 Å². The molecule has 0 saturated carbocycles. The molecule has 2 unspecified atom stereocenters. The highest BCUT2D eigenvalue weighted by atomic mass is 16.4. The molecule has 0 fully saturated rings. The SMILES string of the molecule is O=C(O)CNCCN(CCN(CCNCC(=O)O)Cc1ccc(C(=O)NC(Cc2ccccc2)C(=O)NCC(=O)CC(CCCCN2C(=O)C=CC2=O)C(=O)O)cc1)CC(=O)O. The molecule has 0 saturated heterocycles. The number of hydrogen-bond donors (Lipinski definition) is 8. The highest BCUT2D eigenvalue weighted by molar-refractivity contribution is 6.12. The Balaban J connectivity index is 1.61. The Kier molecular flexibility index (Phi) is 21.6. The van der Waals surface area contributed by atoms with Crippen molar-refractivity contribution in [3.05, 3.63) is 83.4 Å². The predicted molar refractivity (Wildman–Crippen MR) is 222 cm³/mol. The van der Waals surface area contributed by atoms with Crippen LogP contribution in [0.5, 0.6) is 0 Å². The van der Waals surface area contributed by atoms with E-state index in [0.717, 1.165) is 28.2 Å². The van der Waals surface area contributed by atoms with E-state index in [1.54, 1.807) is 59.5 Å². The minimum atomic E-state index is -1.19. The Morgan fingerprint density at radius 3 is 1.84 bits per heavy atom. The molecular formula is C42H55N7O13. The Bertz CT molecular complexity index is 1870. The maximum atomic E-state index is 13.5. The minimum Gasteiger partial charge on any atom is -0.481 e. The van der Waals surface area contributed by atoms with Gasteiger partial charge in [-0.3, -0.25) is 57.9 Å². The third-order valence-electron chi connectivity index (χ3n) is 9.75. The van der Waals surface area contributed by atoms with Crippen LogP contribution in [-0.2, 0) is 51.3 Å². The summed E-state index contributed by atoms with van der Waals surface area (Å²) in [7, 11) is 0. The minimum absolute atomic E-state index is 0.0827. The maximum absolute atomic E-state index is 13.5. The van der Waals surface area contributed by atoms with Crippen molar-refractivity contribution in [1.82, 2.24) is 36.0 Å². The van der Waals surface area contributed by atoms with Crippen LogP contribution in [0.25, 0.3) is 0 Å². The van der Waals surface area contributed by atoms with Crippen LogP contribution in [0.4, 0.5) is 0 Å². The first kappa shape index (κ1) is 50.0. The smallest absolute Gasteiger partial charge is 0.317 e. The Morgan fingerprint density at radius 1 is 0.661 bits per heavy atom. The number of carboxylic acids is 4. The lowest BCUT2D eigenvalue weighted by Crippen LogP contribution is -2.49. The molecule has 1 aliphatic rings. The first-order valence-electron chi connectivity index (χ1n) is 20.1. The third kappa shape index (κ3) is 19.4. The zero-order chi connectivity index (χ0) is 45.4. The molecule has 336 valence electrons. The van der Waals surface area contributed by atoms with Crippen LogP contribution in [0, 0.1) is 5.92 Å². The predicted octanol–water partition coefficient (Wildman–Crippen LogP) is -0.564. The molecule has 0 radical (unpaired) electrons. The second-order valence-electron chi connectivity index (χ2n) is 14.7. The van der Waals surface area contributed by atoms with Gasteiger partial charge in [0.2, 0.25) is 5.91 Å². The summed E-state index contributed by atoms with van der Waals surface area (Å²) >= 11 is 0. The van der Waals surface area contributed by atoms with Gasteiger partial charge < -0.3 is 41.7 Å². The van der Waals surface area contributed by atoms with Gasteiger partial charge in [0, 0.05) is 82.9 Å². The van der Waals surface area contributed by atoms with Crippen LogP contribution in [0.3, 0.4) is 0 Å². The zero-order valence-electron chi connectivity index (χ0n) is 34.3. The summed E-state index contributed by atoms with van der Waals surface area (Å²) in [5.74, 6) is -7.99. The van der Waals surface area contributed by atoms with Gasteiger partial charge in [0.05, 0.1) is 32.1 Å². The van der Waals surface area contributed by atoms with Crippen LogP contribution in [-0.4, -0.2) is 166 Å². The summed E-state index contributed by atoms with van der Waals surface area (Å²) in [6.07, 6.45) is 2.87. The van der Waals surface area contributed by atoms with Crippen molar-refractivity contribution in [2.75, 3.05) is 72.0 Å². The van der Waals surface area contributed by atoms with Crippen molar-refractivity contribution in [1.29, 1.82) is 0 Å². The molecule has 3 rings (SSSR count). The number of amides is 4. The van der Waals surface area contributed by atoms with Gasteiger partial charge in [0.15, 0.2) is 5.78 Å². The summed E-state index contributed by atoms with van der Waals surface area (Å²) in [6.45, 7) is 1.12. The molecule has 0 aliphatic carbocycles. The van der Waals surface area contributed by atoms with Gasteiger partial charge in [-0.15, -0.1) is 0 Å². The molecule has 62 heavy (non-hydrogen) atoms. The molecular weight excluding hydrogens is 810 g/mol. The van der Waals surface area contributed by atoms with Crippen LogP contribution in [0.2, 0.25) is 0 Å². The number of carbonyl (C=O) groups is 9. The van der Waals surface area contributed by atoms with Crippen molar-refractivity contribution < 1.29 is 63.6 Å². The third-order valence-corrected chi connectivity index (χ3v) is 9.75. The fraction of sp³-hybridized carbons (Fsp3) is 0.452. The highest BCUT2D eigenvalue weighted by Crippen LogP contribution is 2.16. The van der Waals surface area contributed by atoms with Gasteiger partial charge in [0.1, 0.15) is 6.04 Å². The molecule has 1 aliphatic heterocycles. The number of hydrogen-bond acceptors (Lipinski definition) is 13. The number of aliphatic carboxylic acids is 4. The number of carbonyl (C=O) groups excluding carboxylic acids is 5. The molecule has 2 aromatic rings. The summed E-state index contributed by atoms with van der Waals surface area (Å²) < 4.78 is 0. The molecule has 20 heteroatoms. The Hall–Kier alpha value is -6.35. The average molecular weight is 866 g/mol. The number of imide groups is 1. The van der Waals surface area contributed by atoms with Crippen molar-refractivity contribution >= 4 is 53.3 Å². The standard InChI is InChI=1S/C42H55N7O13/c50-33(23-32(42(61)62)8-4-5-17-49-35(51)13-14-36(49)52)24-45-41(60)34(22-29-6-2-1-3-7-29)46-40(59)31-11-9-30(10-12-31)27-47(18-15-43-25-37(53)54)20-21-48(28-39(57)58)19-16-44-26-38(55)56/h1-3,6-7,9-14,32,34,43-44H,4-5,8,15-28H2,(H,45,60)(H,46,59)(H,53,54)(H,55,56)(H,57,58)(H,61,62). The fourth-order valence-corrected chi connectivity index (χ4v) is 6.48. The maximum Gasteiger partial charge on any atom is 0.317 e. The summed E-state index contributed by atoms with van der Waals surface area (Å²) in [4.78, 5) is 113. The quantitative estimate of drug-likeness (QED) is 0.0338. The normalized spacial score (nSPS) is 13.3. The number of carboxylic acid groups (broad SMARTS) is 4. The van der Waals surface area contributed by atoms with Gasteiger partial charge in [-0.25, -0.2) is 0 Å². The molecule has 8 N–H and O–H groups in total. The van der Waals surface area contributed by atoms with Crippen LogP contribution in [0.15, 0.2) is 66.7 Å². The summed E-state index contributed by atoms with van der Waals surface area (Å²) in [5, 5.41) is 47.8. The van der Waals surface area contributed by atoms with Crippen molar-refractivity contribution in [3.63, 3.8) is 0 Å². The van der Waals surface area contributed by atoms with Gasteiger partial charge >= 0.3 is 23.9 Å². The molecule has 0 aromatic heterocycles. The molecule has 1 heterocycles. The van der Waals surface area contributed by atoms with E-state index in [9.17, 15) is 53.4 Å². The molecule has 0 bridgehead atoms. The lowest BCUT2D eigenvalue weighted by molar-refractivity contribution is -0.144. The Morgan fingerprint density at radius 2 is 1.26 bits per heavy atom. The fourth-order valence-electron chi connectivity index (χ4n) is 6.48. The van der Waals surface area contributed by atoms with E-state index in [1.165, 1.54) is 0 Å². The molecule has 2 atom stereocenters. The number of nitrogens with zero attached hydrogens (tertiary/aromatic N) is 3. The summed E-state index contributed by atoms with van der Waals surface area (Å²) in [6, 6.07) is 14.3. The van der Waals surface area contributed by atoms with Crippen molar-refractivity contribution in [2.24, 2.45) is 5.92 Å². The molecule has 0 spiro atoms. The number of unbranched alkanes of at least 4 members (excludes halogenated alkanes) is 1. The first-order chi connectivity index (χ1) is 29.6. The number of nitrogens with one attached hydrogen (secondary N) is 4. The molecule has 20 nitrogen and oxygen atoms in total. The highest BCUT2D eigenvalue weighted by Gasteiger charge is 2.26. The number of Topliss-reactive ketones (excluding diaryl/α,β-unsaturated/α-hetero) is 1. The van der Waals surface area contributed by atoms with Crippen LogP contribution in [0.1, 0.15) is 47.2 Å². The first-order valence-corrected chi connectivity index (χ1v) is 20.1. The van der Waals surface area contributed by atoms with E-state index in [4.69, 9.17) is 10.2 Å². The van der Waals surface area contributed by atoms with Crippen molar-refractivity contribution in [2.45, 2.75) is 44.7 Å². The molecule has 4 amide bonds. The summed E-state index contributed by atoms with van der Waals surface area (Å²) in [5.41, 5.74) is 1.73. The van der Waals surface area contributed by atoms with Gasteiger partial charge in [-0.05, 0) is 36.1 Å². The monoisotopic (exact) mass is 865 g/mol. The van der Waals surface area contributed by atoms with E-state index in [0.29, 0.717) is 45.6 Å². The number of ketones is 1. The van der Waals surface area contributed by atoms with E-state index in [2.05, 4.69) is 21.3 Å². The van der Waals surface area contributed by atoms with Crippen molar-refractivity contribution in [3.8, 4) is 0 Å². The largest absolute Gasteiger partial charge is 0.481 e. The Labute approximate surface area is 358 Å². The van der Waals surface area contributed by atoms with E-state index >= 15 is 0 Å². The second kappa shape index (κ2) is 26.8. The lowest BCUT2D eigenvalue weighted by atomic mass is 9.96. The van der Waals surface area contributed by atoms with Crippen LogP contribution < -0.4 is 21.3 Å². The van der Waals surface area contributed by atoms with Gasteiger partial charge in [0.25, 0.3) is 17.7 Å². The van der Waals surface area contributed by atoms with E-state index in [1.807, 2.05) is 4.90 Å². The van der Waals surface area contributed by atoms with E-state index < -0.39 is 71.8 Å². The lowest BCUT2D eigenvalue weighted by Gasteiger charge is -2.27. The van der Waals surface area contributed by atoms with Gasteiger partial charge in [-0.1, -0.05) is 48.9 Å². The zero-order valence-corrected chi connectivity index (χ0v) is 34.3. The number of benzene rings is 2. The van der Waals surface area contributed by atoms with Gasteiger partial charge in [-0.2, -0.15) is 0 Å². The molecule has 2 aromatic carbocycles. The average Bonchev–Trinajstić information content (AvgIpc) is 3.55. The van der Waals surface area contributed by atoms with Crippen LogP contribution >= 0.6 is 0 Å². The number of rotatable bonds is 32. The second-order valence-corrected chi connectivity index (χ2v) is 14.7.